The topological polar surface area (TPSA) is 60.9 Å². The summed E-state index contributed by atoms with van der Waals surface area (Å²) in [7, 11) is 3.54. The van der Waals surface area contributed by atoms with Gasteiger partial charge in [0.05, 0.1) is 12.6 Å². The van der Waals surface area contributed by atoms with Gasteiger partial charge in [0.1, 0.15) is 0 Å². The summed E-state index contributed by atoms with van der Waals surface area (Å²) in [6.07, 6.45) is 2.57. The molecule has 1 aliphatic heterocycles. The fourth-order valence-corrected chi connectivity index (χ4v) is 3.82. The highest BCUT2D eigenvalue weighted by molar-refractivity contribution is 5.79. The molecule has 2 aromatic carbocycles. The third kappa shape index (κ3) is 6.75. The van der Waals surface area contributed by atoms with E-state index < -0.39 is 0 Å². The van der Waals surface area contributed by atoms with Crippen molar-refractivity contribution in [2.75, 3.05) is 52.3 Å². The molecule has 0 saturated carbocycles. The van der Waals surface area contributed by atoms with Gasteiger partial charge in [0.25, 0.3) is 0 Å². The van der Waals surface area contributed by atoms with Crippen molar-refractivity contribution in [1.82, 2.24) is 15.5 Å². The highest BCUT2D eigenvalue weighted by Gasteiger charge is 2.23. The van der Waals surface area contributed by atoms with Crippen LogP contribution < -0.4 is 16.0 Å². The Labute approximate surface area is 180 Å². The van der Waals surface area contributed by atoms with E-state index in [0.717, 1.165) is 44.4 Å². The fourth-order valence-electron chi connectivity index (χ4n) is 3.82. The van der Waals surface area contributed by atoms with Crippen molar-refractivity contribution < 1.29 is 4.74 Å². The number of guanidine groups is 1. The molecule has 6 heteroatoms. The van der Waals surface area contributed by atoms with Crippen LogP contribution in [0.1, 0.15) is 30.0 Å². The maximum absolute atomic E-state index is 5.07. The summed E-state index contributed by atoms with van der Waals surface area (Å²) in [6, 6.07) is 19.6. The highest BCUT2D eigenvalue weighted by atomic mass is 16.5. The molecule has 0 aliphatic carbocycles. The monoisotopic (exact) mass is 409 g/mol. The van der Waals surface area contributed by atoms with Crippen LogP contribution in [0.4, 0.5) is 5.69 Å². The van der Waals surface area contributed by atoms with Gasteiger partial charge in [-0.15, -0.1) is 0 Å². The Kier molecular flexibility index (Phi) is 9.00. The number of hydrogen-bond acceptors (Lipinski definition) is 4. The van der Waals surface area contributed by atoms with Crippen molar-refractivity contribution in [3.05, 3.63) is 65.7 Å². The summed E-state index contributed by atoms with van der Waals surface area (Å²) in [5.41, 5.74) is 3.68. The molecular weight excluding hydrogens is 374 g/mol. The van der Waals surface area contributed by atoms with Gasteiger partial charge >= 0.3 is 0 Å². The zero-order valence-electron chi connectivity index (χ0n) is 18.2. The first kappa shape index (κ1) is 22.1. The molecule has 6 nitrogen and oxygen atoms in total. The molecule has 1 fully saturated rings. The van der Waals surface area contributed by atoms with E-state index in [1.165, 1.54) is 24.0 Å². The van der Waals surface area contributed by atoms with E-state index in [1.54, 1.807) is 7.11 Å². The lowest BCUT2D eigenvalue weighted by Gasteiger charge is -2.29. The van der Waals surface area contributed by atoms with Crippen LogP contribution in [0.3, 0.4) is 0 Å². The molecule has 0 aromatic heterocycles. The van der Waals surface area contributed by atoms with E-state index in [4.69, 9.17) is 4.74 Å². The minimum absolute atomic E-state index is 0.365. The standard InChI is InChI=1S/C24H35N5O/c1-25-24(27-18-20-10-12-22(13-11-20)26-14-17-30-2)28-19-23(29-15-6-7-16-29)21-8-4-3-5-9-21/h3-5,8-13,23,26H,6-7,14-19H2,1-2H3,(H2,25,27,28). The van der Waals surface area contributed by atoms with Crippen LogP contribution in [0.25, 0.3) is 0 Å². The number of nitrogens with zero attached hydrogens (tertiary/aromatic N) is 2. The van der Waals surface area contributed by atoms with Crippen LogP contribution in [0.15, 0.2) is 59.6 Å². The third-order valence-electron chi connectivity index (χ3n) is 5.50. The molecule has 162 valence electrons. The zero-order chi connectivity index (χ0) is 21.0. The molecular formula is C24H35N5O. The second-order valence-corrected chi connectivity index (χ2v) is 7.59. The quantitative estimate of drug-likeness (QED) is 0.319. The van der Waals surface area contributed by atoms with Crippen molar-refractivity contribution in [1.29, 1.82) is 0 Å². The molecule has 0 radical (unpaired) electrons. The Morgan fingerprint density at radius 2 is 1.77 bits per heavy atom. The summed E-state index contributed by atoms with van der Waals surface area (Å²) >= 11 is 0. The van der Waals surface area contributed by atoms with Crippen LogP contribution in [0, 0.1) is 0 Å². The molecule has 30 heavy (non-hydrogen) atoms. The lowest BCUT2D eigenvalue weighted by atomic mass is 10.1. The number of ether oxygens (including phenoxy) is 1. The van der Waals surface area contributed by atoms with Gasteiger partial charge in [0.15, 0.2) is 5.96 Å². The molecule has 1 saturated heterocycles. The smallest absolute Gasteiger partial charge is 0.191 e. The second-order valence-electron chi connectivity index (χ2n) is 7.59. The van der Waals surface area contributed by atoms with Gasteiger partial charge in [-0.3, -0.25) is 9.89 Å². The summed E-state index contributed by atoms with van der Waals surface area (Å²) in [4.78, 5) is 6.99. The van der Waals surface area contributed by atoms with E-state index in [2.05, 4.69) is 80.4 Å². The Morgan fingerprint density at radius 1 is 1.03 bits per heavy atom. The van der Waals surface area contributed by atoms with Gasteiger partial charge < -0.3 is 20.7 Å². The predicted molar refractivity (Wildman–Crippen MR) is 125 cm³/mol. The number of hydrogen-bond donors (Lipinski definition) is 3. The average Bonchev–Trinajstić information content (AvgIpc) is 3.32. The Morgan fingerprint density at radius 3 is 2.43 bits per heavy atom. The second kappa shape index (κ2) is 12.2. The lowest BCUT2D eigenvalue weighted by molar-refractivity contribution is 0.211. The first-order chi connectivity index (χ1) is 14.8. The Bertz CT molecular complexity index is 757. The van der Waals surface area contributed by atoms with E-state index in [-0.39, 0.29) is 0 Å². The molecule has 1 atom stereocenters. The molecule has 3 N–H and O–H groups in total. The normalized spacial score (nSPS) is 15.7. The van der Waals surface area contributed by atoms with Crippen LogP contribution in [0.5, 0.6) is 0 Å². The van der Waals surface area contributed by atoms with Gasteiger partial charge in [-0.25, -0.2) is 0 Å². The number of benzene rings is 2. The van der Waals surface area contributed by atoms with Crippen molar-refractivity contribution in [2.45, 2.75) is 25.4 Å². The molecule has 0 spiro atoms. The van der Waals surface area contributed by atoms with Crippen LogP contribution in [-0.2, 0) is 11.3 Å². The van der Waals surface area contributed by atoms with E-state index >= 15 is 0 Å². The third-order valence-corrected chi connectivity index (χ3v) is 5.50. The highest BCUT2D eigenvalue weighted by Crippen LogP contribution is 2.24. The van der Waals surface area contributed by atoms with Gasteiger partial charge in [-0.1, -0.05) is 42.5 Å². The van der Waals surface area contributed by atoms with Crippen LogP contribution in [0.2, 0.25) is 0 Å². The van der Waals surface area contributed by atoms with Crippen molar-refractivity contribution in [3.63, 3.8) is 0 Å². The fraction of sp³-hybridized carbons (Fsp3) is 0.458. The summed E-state index contributed by atoms with van der Waals surface area (Å²) < 4.78 is 5.07. The Hall–Kier alpha value is -2.57. The predicted octanol–water partition coefficient (Wildman–Crippen LogP) is 3.25. The Balaban J connectivity index is 1.51. The number of likely N-dealkylation sites (tertiary alicyclic amines) is 1. The minimum Gasteiger partial charge on any atom is -0.383 e. The van der Waals surface area contributed by atoms with Crippen molar-refractivity contribution in [2.24, 2.45) is 4.99 Å². The molecule has 1 unspecified atom stereocenters. The van der Waals surface area contributed by atoms with E-state index in [1.807, 2.05) is 7.05 Å². The first-order valence-corrected chi connectivity index (χ1v) is 10.9. The van der Waals surface area contributed by atoms with Crippen molar-refractivity contribution >= 4 is 11.6 Å². The SMILES string of the molecule is CN=C(NCc1ccc(NCCOC)cc1)NCC(c1ccccc1)N1CCCC1. The van der Waals surface area contributed by atoms with Gasteiger partial charge in [0, 0.05) is 39.5 Å². The average molecular weight is 410 g/mol. The number of aliphatic imine (C=N–C) groups is 1. The molecule has 0 amide bonds. The number of rotatable bonds is 10. The maximum atomic E-state index is 5.07. The molecule has 2 aromatic rings. The first-order valence-electron chi connectivity index (χ1n) is 10.9. The summed E-state index contributed by atoms with van der Waals surface area (Å²) in [6.45, 7) is 5.41. The molecule has 1 heterocycles. The van der Waals surface area contributed by atoms with E-state index in [0.29, 0.717) is 12.6 Å². The lowest BCUT2D eigenvalue weighted by Crippen LogP contribution is -2.42. The van der Waals surface area contributed by atoms with Crippen LogP contribution in [-0.4, -0.2) is 57.8 Å². The molecule has 3 rings (SSSR count). The van der Waals surface area contributed by atoms with Gasteiger partial charge in [-0.2, -0.15) is 0 Å². The summed E-state index contributed by atoms with van der Waals surface area (Å²) in [5, 5.41) is 10.3. The van der Waals surface area contributed by atoms with Crippen LogP contribution >= 0.6 is 0 Å². The zero-order valence-corrected chi connectivity index (χ0v) is 18.2. The largest absolute Gasteiger partial charge is 0.383 e. The van der Waals surface area contributed by atoms with Gasteiger partial charge in [0.2, 0.25) is 0 Å². The number of nitrogens with one attached hydrogen (secondary N) is 3. The molecule has 0 bridgehead atoms. The molecule has 1 aliphatic rings. The number of methoxy groups -OCH3 is 1. The maximum Gasteiger partial charge on any atom is 0.191 e. The summed E-state index contributed by atoms with van der Waals surface area (Å²) in [5.74, 6) is 0.831. The van der Waals surface area contributed by atoms with Gasteiger partial charge in [-0.05, 0) is 49.2 Å². The van der Waals surface area contributed by atoms with E-state index in [9.17, 15) is 0 Å². The number of anilines is 1. The van der Waals surface area contributed by atoms with Crippen molar-refractivity contribution in [3.8, 4) is 0 Å². The minimum atomic E-state index is 0.365.